The molecular formula is C12H16ClF3N2S. The maximum atomic E-state index is 12.2. The molecule has 1 aliphatic rings. The Morgan fingerprint density at radius 3 is 2.21 bits per heavy atom. The first kappa shape index (κ1) is 16.6. The van der Waals surface area contributed by atoms with Crippen LogP contribution in [0.3, 0.4) is 0 Å². The van der Waals surface area contributed by atoms with Crippen molar-refractivity contribution in [1.82, 2.24) is 10.2 Å². The van der Waals surface area contributed by atoms with Gasteiger partial charge in [0.05, 0.1) is 0 Å². The highest BCUT2D eigenvalue weighted by atomic mass is 35.5. The molecule has 1 N–H and O–H groups in total. The summed E-state index contributed by atoms with van der Waals surface area (Å²) < 4.78 is 36.5. The van der Waals surface area contributed by atoms with Crippen LogP contribution in [-0.4, -0.2) is 36.6 Å². The summed E-state index contributed by atoms with van der Waals surface area (Å²) in [5.41, 5.74) is -3.15. The highest BCUT2D eigenvalue weighted by Crippen LogP contribution is 2.36. The lowest BCUT2D eigenvalue weighted by molar-refractivity contribution is -0.0328. The molecule has 0 radical (unpaired) electrons. The molecular weight excluding hydrogens is 297 g/mol. The third-order valence-electron chi connectivity index (χ3n) is 2.77. The zero-order chi connectivity index (χ0) is 13.0. The summed E-state index contributed by atoms with van der Waals surface area (Å²) >= 11 is -0.0681. The molecule has 0 amide bonds. The number of thioether (sulfide) groups is 1. The van der Waals surface area contributed by atoms with Crippen LogP contribution in [0.15, 0.2) is 29.2 Å². The molecule has 1 aliphatic heterocycles. The van der Waals surface area contributed by atoms with Crippen molar-refractivity contribution < 1.29 is 13.2 Å². The van der Waals surface area contributed by atoms with Crippen LogP contribution in [0, 0.1) is 0 Å². The van der Waals surface area contributed by atoms with Gasteiger partial charge < -0.3 is 5.32 Å². The molecule has 0 spiro atoms. The maximum Gasteiger partial charge on any atom is 0.446 e. The summed E-state index contributed by atoms with van der Waals surface area (Å²) in [5, 5.41) is 3.27. The van der Waals surface area contributed by atoms with Crippen LogP contribution in [0.2, 0.25) is 0 Å². The molecule has 108 valence electrons. The van der Waals surface area contributed by atoms with Gasteiger partial charge in [0.15, 0.2) is 0 Å². The monoisotopic (exact) mass is 312 g/mol. The normalized spacial score (nSPS) is 17.0. The van der Waals surface area contributed by atoms with Crippen LogP contribution in [0.25, 0.3) is 0 Å². The van der Waals surface area contributed by atoms with E-state index in [0.717, 1.165) is 38.3 Å². The molecule has 19 heavy (non-hydrogen) atoms. The van der Waals surface area contributed by atoms with E-state index in [1.165, 1.54) is 12.1 Å². The minimum Gasteiger partial charge on any atom is -0.314 e. The molecule has 0 aromatic heterocycles. The summed E-state index contributed by atoms with van der Waals surface area (Å²) in [6.45, 7) is 4.72. The van der Waals surface area contributed by atoms with Gasteiger partial charge in [0.25, 0.3) is 0 Å². The first-order valence-corrected chi connectivity index (χ1v) is 6.62. The van der Waals surface area contributed by atoms with Crippen LogP contribution in [-0.2, 0) is 6.54 Å². The molecule has 1 saturated heterocycles. The van der Waals surface area contributed by atoms with Gasteiger partial charge in [-0.1, -0.05) is 12.1 Å². The minimum absolute atomic E-state index is 0. The van der Waals surface area contributed by atoms with Gasteiger partial charge in [-0.3, -0.25) is 4.90 Å². The summed E-state index contributed by atoms with van der Waals surface area (Å²) in [6, 6.07) is 6.62. The Balaban J connectivity index is 0.00000180. The minimum atomic E-state index is -4.21. The second-order valence-electron chi connectivity index (χ2n) is 4.22. The van der Waals surface area contributed by atoms with E-state index in [9.17, 15) is 13.2 Å². The number of alkyl halides is 3. The summed E-state index contributed by atoms with van der Waals surface area (Å²) in [4.78, 5) is 2.54. The topological polar surface area (TPSA) is 15.3 Å². The molecule has 0 bridgehead atoms. The quantitative estimate of drug-likeness (QED) is 0.863. The Morgan fingerprint density at radius 2 is 1.68 bits per heavy atom. The van der Waals surface area contributed by atoms with Gasteiger partial charge >= 0.3 is 5.51 Å². The van der Waals surface area contributed by atoms with Gasteiger partial charge in [-0.25, -0.2) is 0 Å². The molecule has 1 fully saturated rings. The Labute approximate surface area is 121 Å². The van der Waals surface area contributed by atoms with E-state index in [1.807, 2.05) is 0 Å². The van der Waals surface area contributed by atoms with Crippen molar-refractivity contribution in [3.8, 4) is 0 Å². The van der Waals surface area contributed by atoms with Crippen molar-refractivity contribution in [2.45, 2.75) is 16.9 Å². The Hall–Kier alpha value is -0.430. The van der Waals surface area contributed by atoms with E-state index in [0.29, 0.717) is 0 Å². The van der Waals surface area contributed by atoms with Gasteiger partial charge in [0.1, 0.15) is 0 Å². The lowest BCUT2D eigenvalue weighted by Crippen LogP contribution is -2.42. The van der Waals surface area contributed by atoms with Gasteiger partial charge in [-0.2, -0.15) is 13.2 Å². The van der Waals surface area contributed by atoms with Crippen molar-refractivity contribution in [3.63, 3.8) is 0 Å². The number of nitrogens with zero attached hydrogens (tertiary/aromatic N) is 1. The highest BCUT2D eigenvalue weighted by Gasteiger charge is 2.29. The van der Waals surface area contributed by atoms with Gasteiger partial charge in [0, 0.05) is 37.6 Å². The van der Waals surface area contributed by atoms with E-state index < -0.39 is 5.51 Å². The number of halogens is 4. The van der Waals surface area contributed by atoms with Gasteiger partial charge in [0.2, 0.25) is 0 Å². The second-order valence-corrected chi connectivity index (χ2v) is 5.36. The lowest BCUT2D eigenvalue weighted by atomic mass is 10.2. The molecule has 2 rings (SSSR count). The van der Waals surface area contributed by atoms with E-state index in [1.54, 1.807) is 12.1 Å². The van der Waals surface area contributed by atoms with Crippen molar-refractivity contribution >= 4 is 24.2 Å². The number of hydrogen-bond acceptors (Lipinski definition) is 3. The Morgan fingerprint density at radius 1 is 1.11 bits per heavy atom. The molecule has 1 aromatic rings. The molecule has 0 atom stereocenters. The molecule has 2 nitrogen and oxygen atoms in total. The predicted molar refractivity (Wildman–Crippen MR) is 73.7 cm³/mol. The van der Waals surface area contributed by atoms with Gasteiger partial charge in [-0.05, 0) is 29.5 Å². The van der Waals surface area contributed by atoms with Gasteiger partial charge in [-0.15, -0.1) is 12.4 Å². The number of hydrogen-bond donors (Lipinski definition) is 1. The van der Waals surface area contributed by atoms with Crippen molar-refractivity contribution in [1.29, 1.82) is 0 Å². The van der Waals surface area contributed by atoms with Crippen molar-refractivity contribution in [2.75, 3.05) is 26.2 Å². The SMILES string of the molecule is Cl.FC(F)(F)Sc1ccc(CN2CCNCC2)cc1. The third-order valence-corrected chi connectivity index (χ3v) is 3.51. The molecule has 1 aromatic carbocycles. The zero-order valence-electron chi connectivity index (χ0n) is 10.2. The fourth-order valence-corrected chi connectivity index (χ4v) is 2.46. The summed E-state index contributed by atoms with van der Waals surface area (Å²) in [7, 11) is 0. The Kier molecular flexibility index (Phi) is 6.46. The first-order valence-electron chi connectivity index (χ1n) is 5.81. The highest BCUT2D eigenvalue weighted by molar-refractivity contribution is 8.00. The molecule has 7 heteroatoms. The third kappa shape index (κ3) is 6.03. The standard InChI is InChI=1S/C12H15F3N2S.ClH/c13-12(14,15)18-11-3-1-10(2-4-11)9-17-7-5-16-6-8-17;/h1-4,16H,5-9H2;1H. The fraction of sp³-hybridized carbons (Fsp3) is 0.500. The van der Waals surface area contributed by atoms with Crippen molar-refractivity contribution in [2.24, 2.45) is 0 Å². The van der Waals surface area contributed by atoms with Crippen LogP contribution >= 0.6 is 24.2 Å². The predicted octanol–water partition coefficient (Wildman–Crippen LogP) is 3.13. The molecule has 0 aliphatic carbocycles. The number of benzene rings is 1. The van der Waals surface area contributed by atoms with E-state index in [-0.39, 0.29) is 29.1 Å². The average Bonchev–Trinajstić information content (AvgIpc) is 2.31. The molecule has 1 heterocycles. The smallest absolute Gasteiger partial charge is 0.314 e. The van der Waals surface area contributed by atoms with Crippen LogP contribution in [0.5, 0.6) is 0 Å². The summed E-state index contributed by atoms with van der Waals surface area (Å²) in [6.07, 6.45) is 0. The number of rotatable bonds is 3. The second kappa shape index (κ2) is 7.38. The van der Waals surface area contributed by atoms with E-state index >= 15 is 0 Å². The van der Waals surface area contributed by atoms with Crippen LogP contribution < -0.4 is 5.32 Å². The largest absolute Gasteiger partial charge is 0.446 e. The van der Waals surface area contributed by atoms with Crippen LogP contribution in [0.1, 0.15) is 5.56 Å². The number of piperazine rings is 1. The fourth-order valence-electron chi connectivity index (χ4n) is 1.92. The molecule has 0 saturated carbocycles. The number of nitrogens with one attached hydrogen (secondary N) is 1. The Bertz CT molecular complexity index is 378. The molecule has 0 unspecified atom stereocenters. The zero-order valence-corrected chi connectivity index (χ0v) is 11.9. The van der Waals surface area contributed by atoms with Crippen molar-refractivity contribution in [3.05, 3.63) is 29.8 Å². The lowest BCUT2D eigenvalue weighted by Gasteiger charge is -2.27. The van der Waals surface area contributed by atoms with E-state index in [2.05, 4.69) is 10.2 Å². The maximum absolute atomic E-state index is 12.2. The van der Waals surface area contributed by atoms with Crippen LogP contribution in [0.4, 0.5) is 13.2 Å². The van der Waals surface area contributed by atoms with E-state index in [4.69, 9.17) is 0 Å². The average molecular weight is 313 g/mol. The summed E-state index contributed by atoms with van der Waals surface area (Å²) in [5.74, 6) is 0. The first-order chi connectivity index (χ1) is 8.53.